The van der Waals surface area contributed by atoms with Crippen molar-refractivity contribution in [1.82, 2.24) is 14.8 Å². The van der Waals surface area contributed by atoms with Crippen molar-refractivity contribution in [3.63, 3.8) is 0 Å². The highest BCUT2D eigenvalue weighted by Crippen LogP contribution is 2.17. The van der Waals surface area contributed by atoms with E-state index in [1.807, 2.05) is 6.33 Å². The summed E-state index contributed by atoms with van der Waals surface area (Å²) in [5, 5.41) is 8.03. The van der Waals surface area contributed by atoms with Gasteiger partial charge in [-0.1, -0.05) is 20.3 Å². The molecule has 68 valence electrons. The molecular weight excluding hydrogens is 150 g/mol. The van der Waals surface area contributed by atoms with Crippen LogP contribution in [0.2, 0.25) is 0 Å². The van der Waals surface area contributed by atoms with Crippen molar-refractivity contribution >= 4 is 0 Å². The first kappa shape index (κ1) is 9.23. The minimum Gasteiger partial charge on any atom is -0.318 e. The van der Waals surface area contributed by atoms with Crippen LogP contribution in [0.15, 0.2) is 6.33 Å². The Morgan fingerprint density at radius 2 is 2.25 bits per heavy atom. The van der Waals surface area contributed by atoms with E-state index in [9.17, 15) is 0 Å². The third-order valence-electron chi connectivity index (χ3n) is 2.15. The summed E-state index contributed by atoms with van der Waals surface area (Å²) in [4.78, 5) is 0. The molecular formula is C9H17N3. The lowest BCUT2D eigenvalue weighted by atomic mass is 10.1. The fourth-order valence-corrected chi connectivity index (χ4v) is 1.45. The topological polar surface area (TPSA) is 30.7 Å². The highest BCUT2D eigenvalue weighted by molar-refractivity contribution is 4.93. The molecule has 0 aromatic carbocycles. The van der Waals surface area contributed by atoms with Crippen LogP contribution in [-0.4, -0.2) is 14.8 Å². The monoisotopic (exact) mass is 167 g/mol. The maximum Gasteiger partial charge on any atom is 0.135 e. The molecule has 1 aromatic heterocycles. The van der Waals surface area contributed by atoms with E-state index in [0.29, 0.717) is 5.92 Å². The molecule has 0 N–H and O–H groups in total. The van der Waals surface area contributed by atoms with Gasteiger partial charge in [0.25, 0.3) is 0 Å². The zero-order valence-corrected chi connectivity index (χ0v) is 8.12. The Hall–Kier alpha value is -0.860. The number of aryl methyl sites for hydroxylation is 1. The van der Waals surface area contributed by atoms with Gasteiger partial charge in [0, 0.05) is 12.5 Å². The van der Waals surface area contributed by atoms with Crippen LogP contribution < -0.4 is 0 Å². The molecule has 1 rings (SSSR count). The molecule has 0 spiro atoms. The van der Waals surface area contributed by atoms with Crippen molar-refractivity contribution in [3.05, 3.63) is 12.2 Å². The number of hydrogen-bond donors (Lipinski definition) is 0. The summed E-state index contributed by atoms with van der Waals surface area (Å²) in [6, 6.07) is 0. The van der Waals surface area contributed by atoms with Crippen LogP contribution in [0.25, 0.3) is 0 Å². The van der Waals surface area contributed by atoms with Crippen LogP contribution >= 0.6 is 0 Å². The lowest BCUT2D eigenvalue weighted by molar-refractivity contribution is 0.578. The van der Waals surface area contributed by atoms with E-state index >= 15 is 0 Å². The van der Waals surface area contributed by atoms with Crippen molar-refractivity contribution in [2.24, 2.45) is 0 Å². The first-order valence-electron chi connectivity index (χ1n) is 4.67. The molecule has 1 atom stereocenters. The highest BCUT2D eigenvalue weighted by atomic mass is 15.3. The van der Waals surface area contributed by atoms with Crippen LogP contribution in [0, 0.1) is 0 Å². The smallest absolute Gasteiger partial charge is 0.135 e. The van der Waals surface area contributed by atoms with E-state index in [0.717, 1.165) is 12.4 Å². The Balaban J connectivity index is 2.71. The van der Waals surface area contributed by atoms with Crippen LogP contribution in [-0.2, 0) is 6.54 Å². The summed E-state index contributed by atoms with van der Waals surface area (Å²) in [5.74, 6) is 1.66. The van der Waals surface area contributed by atoms with Crippen molar-refractivity contribution < 1.29 is 0 Å². The van der Waals surface area contributed by atoms with Crippen LogP contribution in [0.4, 0.5) is 0 Å². The molecule has 1 unspecified atom stereocenters. The third-order valence-corrected chi connectivity index (χ3v) is 2.15. The summed E-state index contributed by atoms with van der Waals surface area (Å²) in [5.41, 5.74) is 0. The fourth-order valence-electron chi connectivity index (χ4n) is 1.45. The number of nitrogens with zero attached hydrogens (tertiary/aromatic N) is 3. The minimum atomic E-state index is 0.539. The molecule has 0 radical (unpaired) electrons. The summed E-state index contributed by atoms with van der Waals surface area (Å²) >= 11 is 0. The molecule has 0 fully saturated rings. The molecule has 0 aliphatic carbocycles. The molecule has 0 saturated carbocycles. The van der Waals surface area contributed by atoms with E-state index < -0.39 is 0 Å². The van der Waals surface area contributed by atoms with Gasteiger partial charge in [0.05, 0.1) is 0 Å². The van der Waals surface area contributed by atoms with Crippen molar-refractivity contribution in [3.8, 4) is 0 Å². The molecule has 1 aromatic rings. The van der Waals surface area contributed by atoms with Crippen LogP contribution in [0.3, 0.4) is 0 Å². The summed E-state index contributed by atoms with van der Waals surface area (Å²) < 4.78 is 2.11. The second-order valence-corrected chi connectivity index (χ2v) is 3.16. The summed E-state index contributed by atoms with van der Waals surface area (Å²) in [6.45, 7) is 7.49. The lowest BCUT2D eigenvalue weighted by Crippen LogP contribution is -2.04. The van der Waals surface area contributed by atoms with Gasteiger partial charge < -0.3 is 4.57 Å². The normalized spacial score (nSPS) is 13.2. The van der Waals surface area contributed by atoms with E-state index in [-0.39, 0.29) is 0 Å². The van der Waals surface area contributed by atoms with Crippen LogP contribution in [0.1, 0.15) is 45.4 Å². The van der Waals surface area contributed by atoms with E-state index in [4.69, 9.17) is 0 Å². The lowest BCUT2D eigenvalue weighted by Gasteiger charge is -2.09. The van der Waals surface area contributed by atoms with Gasteiger partial charge in [-0.2, -0.15) is 0 Å². The van der Waals surface area contributed by atoms with E-state index in [2.05, 4.69) is 35.5 Å². The minimum absolute atomic E-state index is 0.539. The van der Waals surface area contributed by atoms with Gasteiger partial charge in [0.15, 0.2) is 0 Å². The van der Waals surface area contributed by atoms with Gasteiger partial charge in [-0.15, -0.1) is 10.2 Å². The molecule has 1 heterocycles. The quantitative estimate of drug-likeness (QED) is 0.688. The first-order chi connectivity index (χ1) is 5.79. The average molecular weight is 167 g/mol. The fraction of sp³-hybridized carbons (Fsp3) is 0.778. The summed E-state index contributed by atoms with van der Waals surface area (Å²) in [7, 11) is 0. The van der Waals surface area contributed by atoms with Crippen molar-refractivity contribution in [2.75, 3.05) is 0 Å². The van der Waals surface area contributed by atoms with Crippen molar-refractivity contribution in [1.29, 1.82) is 0 Å². The highest BCUT2D eigenvalue weighted by Gasteiger charge is 2.10. The van der Waals surface area contributed by atoms with Gasteiger partial charge in [-0.3, -0.25) is 0 Å². The zero-order chi connectivity index (χ0) is 8.97. The summed E-state index contributed by atoms with van der Waals surface area (Å²) in [6.07, 6.45) is 4.21. The Morgan fingerprint density at radius 3 is 2.83 bits per heavy atom. The molecule has 0 amide bonds. The number of hydrogen-bond acceptors (Lipinski definition) is 2. The third kappa shape index (κ3) is 1.84. The largest absolute Gasteiger partial charge is 0.318 e. The van der Waals surface area contributed by atoms with Crippen molar-refractivity contribution in [2.45, 2.75) is 46.1 Å². The second-order valence-electron chi connectivity index (χ2n) is 3.16. The molecule has 3 heteroatoms. The molecule has 3 nitrogen and oxygen atoms in total. The maximum absolute atomic E-state index is 4.12. The molecule has 12 heavy (non-hydrogen) atoms. The average Bonchev–Trinajstić information content (AvgIpc) is 2.51. The van der Waals surface area contributed by atoms with Gasteiger partial charge in [0.2, 0.25) is 0 Å². The maximum atomic E-state index is 4.12. The van der Waals surface area contributed by atoms with Gasteiger partial charge in [0.1, 0.15) is 12.2 Å². The van der Waals surface area contributed by atoms with Crippen LogP contribution in [0.5, 0.6) is 0 Å². The molecule has 0 aliphatic heterocycles. The Kier molecular flexibility index (Phi) is 3.26. The molecule has 0 aliphatic rings. The second kappa shape index (κ2) is 4.24. The Bertz CT molecular complexity index is 229. The Labute approximate surface area is 73.8 Å². The van der Waals surface area contributed by atoms with Gasteiger partial charge in [-0.25, -0.2) is 0 Å². The van der Waals surface area contributed by atoms with Gasteiger partial charge in [-0.05, 0) is 13.3 Å². The predicted molar refractivity (Wildman–Crippen MR) is 49.0 cm³/mol. The number of rotatable bonds is 4. The molecule has 0 saturated heterocycles. The predicted octanol–water partition coefficient (Wildman–Crippen LogP) is 2.20. The zero-order valence-electron chi connectivity index (χ0n) is 8.12. The van der Waals surface area contributed by atoms with E-state index in [1.54, 1.807) is 0 Å². The first-order valence-corrected chi connectivity index (χ1v) is 4.67. The standard InChI is InChI=1S/C9H17N3/c1-4-6-8(3)9-11-10-7-12(9)5-2/h7-8H,4-6H2,1-3H3. The number of aromatic nitrogens is 3. The SMILES string of the molecule is CCCC(C)c1nncn1CC. The van der Waals surface area contributed by atoms with Gasteiger partial charge >= 0.3 is 0 Å². The Morgan fingerprint density at radius 1 is 1.50 bits per heavy atom. The molecule has 0 bridgehead atoms. The van der Waals surface area contributed by atoms with E-state index in [1.165, 1.54) is 12.8 Å².